The molecule has 1 atom stereocenters. The number of halogens is 1. The van der Waals surface area contributed by atoms with Crippen LogP contribution in [0, 0.1) is 5.92 Å². The molecule has 0 amide bonds. The van der Waals surface area contributed by atoms with Gasteiger partial charge < -0.3 is 4.90 Å². The largest absolute Gasteiger partial charge is 0.355 e. The molecule has 82 valence electrons. The molecule has 1 saturated heterocycles. The van der Waals surface area contributed by atoms with E-state index in [0.717, 1.165) is 30.5 Å². The van der Waals surface area contributed by atoms with Crippen LogP contribution in [0.1, 0.15) is 25.5 Å². The van der Waals surface area contributed by atoms with E-state index in [-0.39, 0.29) is 0 Å². The Bertz CT molecular complexity index is 329. The van der Waals surface area contributed by atoms with E-state index in [1.807, 2.05) is 6.20 Å². The summed E-state index contributed by atoms with van der Waals surface area (Å²) in [7, 11) is 0. The molecule has 0 aliphatic carbocycles. The van der Waals surface area contributed by atoms with Gasteiger partial charge in [0.05, 0.1) is 17.8 Å². The molecule has 1 unspecified atom stereocenters. The van der Waals surface area contributed by atoms with Gasteiger partial charge >= 0.3 is 0 Å². The second-order valence-corrected chi connectivity index (χ2v) is 4.46. The van der Waals surface area contributed by atoms with Crippen LogP contribution < -0.4 is 4.90 Å². The lowest BCUT2D eigenvalue weighted by atomic mass is 10.0. The van der Waals surface area contributed by atoms with Crippen LogP contribution in [0.3, 0.4) is 0 Å². The van der Waals surface area contributed by atoms with Crippen molar-refractivity contribution in [3.63, 3.8) is 0 Å². The fourth-order valence-corrected chi connectivity index (χ4v) is 2.14. The highest BCUT2D eigenvalue weighted by Crippen LogP contribution is 2.20. The second-order valence-electron chi connectivity index (χ2n) is 4.20. The molecule has 0 aromatic carbocycles. The summed E-state index contributed by atoms with van der Waals surface area (Å²) in [5, 5.41) is 0. The molecule has 4 heteroatoms. The van der Waals surface area contributed by atoms with Gasteiger partial charge in [-0.2, -0.15) is 0 Å². The van der Waals surface area contributed by atoms with Crippen molar-refractivity contribution in [2.24, 2.45) is 5.92 Å². The molecule has 15 heavy (non-hydrogen) atoms. The molecule has 0 spiro atoms. The first-order valence-electron chi connectivity index (χ1n) is 5.41. The fraction of sp³-hybridized carbons (Fsp3) is 0.636. The van der Waals surface area contributed by atoms with E-state index in [9.17, 15) is 0 Å². The summed E-state index contributed by atoms with van der Waals surface area (Å²) in [5.41, 5.74) is 0.854. The lowest BCUT2D eigenvalue weighted by molar-refractivity contribution is 0.444. The number of hydrogen-bond acceptors (Lipinski definition) is 3. The maximum absolute atomic E-state index is 5.75. The lowest BCUT2D eigenvalue weighted by Crippen LogP contribution is -2.35. The Kier molecular flexibility index (Phi) is 3.41. The monoisotopic (exact) mass is 225 g/mol. The minimum absolute atomic E-state index is 0.435. The molecular formula is C11H16ClN3. The average Bonchev–Trinajstić information content (AvgIpc) is 2.29. The lowest BCUT2D eigenvalue weighted by Gasteiger charge is -2.31. The van der Waals surface area contributed by atoms with Crippen LogP contribution in [0.4, 0.5) is 5.82 Å². The van der Waals surface area contributed by atoms with Crippen molar-refractivity contribution in [3.8, 4) is 0 Å². The van der Waals surface area contributed by atoms with Gasteiger partial charge in [0.25, 0.3) is 0 Å². The first kappa shape index (κ1) is 10.7. The molecule has 1 aromatic heterocycles. The predicted molar refractivity (Wildman–Crippen MR) is 62.2 cm³/mol. The Balaban J connectivity index is 2.13. The van der Waals surface area contributed by atoms with Crippen molar-refractivity contribution in [3.05, 3.63) is 18.1 Å². The summed E-state index contributed by atoms with van der Waals surface area (Å²) < 4.78 is 0. The Morgan fingerprint density at radius 1 is 1.53 bits per heavy atom. The Hall–Kier alpha value is -0.830. The quantitative estimate of drug-likeness (QED) is 0.724. The molecule has 1 fully saturated rings. The van der Waals surface area contributed by atoms with Gasteiger partial charge in [-0.1, -0.05) is 6.92 Å². The van der Waals surface area contributed by atoms with Gasteiger partial charge in [-0.25, -0.2) is 4.98 Å². The molecule has 1 aliphatic heterocycles. The summed E-state index contributed by atoms with van der Waals surface area (Å²) in [6, 6.07) is 0. The summed E-state index contributed by atoms with van der Waals surface area (Å²) in [4.78, 5) is 11.0. The van der Waals surface area contributed by atoms with Crippen LogP contribution in [0.25, 0.3) is 0 Å². The fourth-order valence-electron chi connectivity index (χ4n) is 2.01. The molecule has 0 N–H and O–H groups in total. The SMILES string of the molecule is CC1CCCN(c2cncc(CCl)n2)C1. The van der Waals surface area contributed by atoms with Crippen molar-refractivity contribution in [1.29, 1.82) is 0 Å². The van der Waals surface area contributed by atoms with E-state index in [1.165, 1.54) is 12.8 Å². The van der Waals surface area contributed by atoms with Crippen LogP contribution in [-0.2, 0) is 5.88 Å². The molecule has 1 aromatic rings. The number of alkyl halides is 1. The molecule has 0 radical (unpaired) electrons. The van der Waals surface area contributed by atoms with Gasteiger partial charge in [0.2, 0.25) is 0 Å². The van der Waals surface area contributed by atoms with Crippen LogP contribution in [0.5, 0.6) is 0 Å². The maximum Gasteiger partial charge on any atom is 0.147 e. The number of aromatic nitrogens is 2. The molecule has 0 bridgehead atoms. The minimum atomic E-state index is 0.435. The third-order valence-corrected chi connectivity index (χ3v) is 3.06. The first-order valence-corrected chi connectivity index (χ1v) is 5.95. The van der Waals surface area contributed by atoms with E-state index in [2.05, 4.69) is 21.8 Å². The average molecular weight is 226 g/mol. The molecule has 1 aliphatic rings. The third kappa shape index (κ3) is 2.59. The van der Waals surface area contributed by atoms with Crippen molar-refractivity contribution in [2.45, 2.75) is 25.6 Å². The summed E-state index contributed by atoms with van der Waals surface area (Å²) in [6.07, 6.45) is 6.12. The smallest absolute Gasteiger partial charge is 0.147 e. The highest BCUT2D eigenvalue weighted by molar-refractivity contribution is 6.16. The van der Waals surface area contributed by atoms with Crippen molar-refractivity contribution >= 4 is 17.4 Å². The second kappa shape index (κ2) is 4.79. The number of anilines is 1. The molecular weight excluding hydrogens is 210 g/mol. The van der Waals surface area contributed by atoms with Gasteiger partial charge in [0.1, 0.15) is 5.82 Å². The molecule has 2 rings (SSSR count). The van der Waals surface area contributed by atoms with E-state index in [4.69, 9.17) is 11.6 Å². The first-order chi connectivity index (χ1) is 7.29. The Morgan fingerprint density at radius 2 is 2.40 bits per heavy atom. The maximum atomic E-state index is 5.75. The zero-order chi connectivity index (χ0) is 10.7. The molecule has 0 saturated carbocycles. The van der Waals surface area contributed by atoms with Gasteiger partial charge in [0, 0.05) is 19.3 Å². The number of nitrogens with zero attached hydrogens (tertiary/aromatic N) is 3. The van der Waals surface area contributed by atoms with Crippen LogP contribution in [-0.4, -0.2) is 23.1 Å². The van der Waals surface area contributed by atoms with E-state index >= 15 is 0 Å². The van der Waals surface area contributed by atoms with Gasteiger partial charge in [0.15, 0.2) is 0 Å². The normalized spacial score (nSPS) is 21.7. The van der Waals surface area contributed by atoms with E-state index in [0.29, 0.717) is 5.88 Å². The van der Waals surface area contributed by atoms with E-state index in [1.54, 1.807) is 6.20 Å². The highest BCUT2D eigenvalue weighted by Gasteiger charge is 2.17. The number of rotatable bonds is 2. The van der Waals surface area contributed by atoms with Crippen molar-refractivity contribution in [2.75, 3.05) is 18.0 Å². The summed E-state index contributed by atoms with van der Waals surface area (Å²) in [6.45, 7) is 4.45. The predicted octanol–water partition coefficient (Wildman–Crippen LogP) is 2.45. The topological polar surface area (TPSA) is 29.0 Å². The van der Waals surface area contributed by atoms with Gasteiger partial charge in [-0.15, -0.1) is 11.6 Å². The Morgan fingerprint density at radius 3 is 3.13 bits per heavy atom. The summed E-state index contributed by atoms with van der Waals surface area (Å²) in [5.74, 6) is 2.16. The van der Waals surface area contributed by atoms with Crippen LogP contribution in [0.2, 0.25) is 0 Å². The van der Waals surface area contributed by atoms with Crippen LogP contribution in [0.15, 0.2) is 12.4 Å². The molecule has 3 nitrogen and oxygen atoms in total. The van der Waals surface area contributed by atoms with Gasteiger partial charge in [-0.3, -0.25) is 4.98 Å². The zero-order valence-electron chi connectivity index (χ0n) is 8.99. The highest BCUT2D eigenvalue weighted by atomic mass is 35.5. The summed E-state index contributed by atoms with van der Waals surface area (Å²) >= 11 is 5.75. The minimum Gasteiger partial charge on any atom is -0.355 e. The standard InChI is InChI=1S/C11H16ClN3/c1-9-3-2-4-15(8-9)11-7-13-6-10(5-12)14-11/h6-7,9H,2-5,8H2,1H3. The molecule has 2 heterocycles. The number of hydrogen-bond donors (Lipinski definition) is 0. The third-order valence-electron chi connectivity index (χ3n) is 2.79. The zero-order valence-corrected chi connectivity index (χ0v) is 9.74. The van der Waals surface area contributed by atoms with Crippen molar-refractivity contribution in [1.82, 2.24) is 9.97 Å². The van der Waals surface area contributed by atoms with E-state index < -0.39 is 0 Å². The van der Waals surface area contributed by atoms with Crippen molar-refractivity contribution < 1.29 is 0 Å². The number of piperidine rings is 1. The van der Waals surface area contributed by atoms with Crippen LogP contribution >= 0.6 is 11.6 Å². The Labute approximate surface area is 95.5 Å². The van der Waals surface area contributed by atoms with Gasteiger partial charge in [-0.05, 0) is 18.8 Å².